The van der Waals surface area contributed by atoms with Crippen LogP contribution in [0.1, 0.15) is 0 Å². The Hall–Kier alpha value is 0.0265. The van der Waals surface area contributed by atoms with Crippen LogP contribution in [0.5, 0.6) is 0 Å². The van der Waals surface area contributed by atoms with E-state index in [0.717, 1.165) is 0 Å². The molecule has 9 heteroatoms. The van der Waals surface area contributed by atoms with Crippen molar-refractivity contribution in [2.24, 2.45) is 0 Å². The average molecular weight is 295 g/mol. The Balaban J connectivity index is -0.0000000293. The first-order valence-corrected chi connectivity index (χ1v) is 4.36. The fraction of sp³-hybridized carbons (Fsp3) is 0.667. The van der Waals surface area contributed by atoms with Gasteiger partial charge in [-0.1, -0.05) is 0 Å². The molecule has 0 atom stereocenters. The van der Waals surface area contributed by atoms with E-state index in [0.29, 0.717) is 0 Å². The van der Waals surface area contributed by atoms with Gasteiger partial charge in [0.25, 0.3) is 0 Å². The van der Waals surface area contributed by atoms with Gasteiger partial charge in [-0.15, -0.1) is 10.5 Å². The van der Waals surface area contributed by atoms with Crippen molar-refractivity contribution < 1.29 is 16.8 Å². The average Bonchev–Trinajstić information content (AvgIpc) is 2.20. The summed E-state index contributed by atoms with van der Waals surface area (Å²) < 4.78 is 0. The Morgan fingerprint density at radius 3 is 0.800 bits per heavy atom. The molecule has 90 valence electrons. The van der Waals surface area contributed by atoms with Crippen molar-refractivity contribution in [1.82, 2.24) is 0 Å². The van der Waals surface area contributed by atoms with Gasteiger partial charge in [0.15, 0.2) is 0 Å². The maximum Gasteiger partial charge on any atom is 3.00 e. The number of hydrogen-bond acceptors (Lipinski definition) is 2. The minimum atomic E-state index is 0. The first kappa shape index (κ1) is 29.4. The van der Waals surface area contributed by atoms with Crippen LogP contribution in [0.3, 0.4) is 0 Å². The van der Waals surface area contributed by atoms with Crippen LogP contribution in [0.2, 0.25) is 0 Å². The maximum absolute atomic E-state index is 7.23. The van der Waals surface area contributed by atoms with E-state index in [4.69, 9.17) is 33.5 Å². The molecule has 0 saturated heterocycles. The van der Waals surface area contributed by atoms with Crippen molar-refractivity contribution in [2.45, 2.75) is 0 Å². The molecule has 0 aliphatic heterocycles. The summed E-state index contributed by atoms with van der Waals surface area (Å²) in [5, 5.41) is 17.6. The monoisotopic (exact) mass is 295 g/mol. The van der Waals surface area contributed by atoms with Crippen LogP contribution in [-0.2, 0) is 42.0 Å². The number of thiocyanates is 2. The molecule has 15 heavy (non-hydrogen) atoms. The van der Waals surface area contributed by atoms with Crippen LogP contribution in [-0.4, -0.2) is 26.2 Å². The molecule has 0 amide bonds. The molecule has 0 aliphatic carbocycles. The van der Waals surface area contributed by atoms with Gasteiger partial charge in [-0.2, -0.15) is 26.2 Å². The molecular formula is C6H16CoN6S2+. The van der Waals surface area contributed by atoms with Gasteiger partial charge in [-0.3, -0.25) is 0 Å². The Labute approximate surface area is 112 Å². The molecule has 0 saturated carbocycles. The minimum Gasteiger partial charge on any atom is -0.679 e. The Kier molecular flexibility index (Phi) is 128. The molecule has 0 aromatic heterocycles. The topological polar surface area (TPSA) is 143 Å². The predicted molar refractivity (Wildman–Crippen MR) is 68.3 cm³/mol. The molecule has 0 bridgehead atoms. The van der Waals surface area contributed by atoms with Gasteiger partial charge in [0.05, 0.1) is 25.3 Å². The first-order chi connectivity index (χ1) is 6.66. The summed E-state index contributed by atoms with van der Waals surface area (Å²) in [4.78, 5) is 0. The van der Waals surface area contributed by atoms with E-state index in [1.54, 1.807) is 10.8 Å². The number of hydrogen-bond donors (Lipinski definition) is 0. The van der Waals surface area contributed by atoms with Crippen molar-refractivity contribution in [3.8, 4) is 10.8 Å². The first-order valence-electron chi connectivity index (χ1n) is 3.36. The molecule has 0 rings (SSSR count). The molecule has 0 aliphatic rings. The zero-order chi connectivity index (χ0) is 12.2. The van der Waals surface area contributed by atoms with Crippen molar-refractivity contribution >= 4 is 25.3 Å². The normalized spacial score (nSPS) is 5.07. The van der Waals surface area contributed by atoms with E-state index in [1.807, 2.05) is 0 Å². The van der Waals surface area contributed by atoms with Crippen LogP contribution >= 0.6 is 0 Å². The van der Waals surface area contributed by atoms with Crippen molar-refractivity contribution in [1.29, 1.82) is 10.5 Å². The second-order valence-electron chi connectivity index (χ2n) is 1.22. The van der Waals surface area contributed by atoms with Gasteiger partial charge in [0.2, 0.25) is 0 Å². The van der Waals surface area contributed by atoms with E-state index >= 15 is 0 Å². The molecule has 4 N–H and O–H groups in total. The van der Waals surface area contributed by atoms with Gasteiger partial charge in [0.1, 0.15) is 0 Å². The fourth-order valence-electron chi connectivity index (χ4n) is 0. The summed E-state index contributed by atoms with van der Waals surface area (Å²) in [6, 6.07) is 0. The molecule has 0 fully saturated rings. The standard InChI is InChI=1S/2C2H6N2.2CHNS.Co/c2*3-1-2-4;2*2-1-3;/h2*3-4H,1-2H2;2*3H;/q2*-2;;;+3/p+2. The number of nitriles is 2. The van der Waals surface area contributed by atoms with Gasteiger partial charge >= 0.3 is 27.6 Å². The number of nitrogens with zero attached hydrogens (tertiary/aromatic N) is 2. The number of rotatable bonds is 2. The third-order valence-electron chi connectivity index (χ3n) is 0.250. The molecule has 0 aromatic rings. The quantitative estimate of drug-likeness (QED) is 0.556. The smallest absolute Gasteiger partial charge is 0.679 e. The minimum absolute atomic E-state index is 0. The van der Waals surface area contributed by atoms with E-state index in [9.17, 15) is 0 Å². The van der Waals surface area contributed by atoms with Crippen molar-refractivity contribution in [3.63, 3.8) is 0 Å². The summed E-state index contributed by atoms with van der Waals surface area (Å²) in [5.74, 6) is 0. The van der Waals surface area contributed by atoms with Gasteiger partial charge in [0, 0.05) is 0 Å². The Bertz CT molecular complexity index is 115. The summed E-state index contributed by atoms with van der Waals surface area (Å²) in [7, 11) is 0. The largest absolute Gasteiger partial charge is 3.00 e. The predicted octanol–water partition coefficient (Wildman–Crippen LogP) is 1.14. The van der Waals surface area contributed by atoms with Crippen molar-refractivity contribution in [3.05, 3.63) is 22.9 Å². The maximum atomic E-state index is 7.23. The van der Waals surface area contributed by atoms with Crippen LogP contribution in [0.25, 0.3) is 22.9 Å². The zero-order valence-corrected chi connectivity index (χ0v) is 11.1. The third kappa shape index (κ3) is 494. The molecule has 0 aromatic carbocycles. The van der Waals surface area contributed by atoms with Crippen LogP contribution in [0.4, 0.5) is 0 Å². The van der Waals surface area contributed by atoms with Gasteiger partial charge < -0.3 is 22.9 Å². The summed E-state index contributed by atoms with van der Waals surface area (Å²) in [5.41, 5.74) is 25.1. The van der Waals surface area contributed by atoms with Crippen LogP contribution in [0, 0.1) is 21.3 Å². The summed E-state index contributed by atoms with van der Waals surface area (Å²) in [6.07, 6.45) is 0. The summed E-state index contributed by atoms with van der Waals surface area (Å²) >= 11 is 4.98. The SMILES string of the molecule is N#C[SH2+].N#C[SH2+].[Co+3].[NH-]CC[NH-].[NH-]CC[NH-]. The molecular weight excluding hydrogens is 279 g/mol. The second kappa shape index (κ2) is 65.5. The van der Waals surface area contributed by atoms with Crippen LogP contribution in [0.15, 0.2) is 0 Å². The van der Waals surface area contributed by atoms with E-state index in [1.165, 1.54) is 0 Å². The van der Waals surface area contributed by atoms with Gasteiger partial charge in [-0.05, 0) is 0 Å². The second-order valence-corrected chi connectivity index (χ2v) is 1.67. The summed E-state index contributed by atoms with van der Waals surface area (Å²) in [6.45, 7) is 0.944. The van der Waals surface area contributed by atoms with E-state index in [2.05, 4.69) is 25.3 Å². The fourth-order valence-corrected chi connectivity index (χ4v) is 0. The zero-order valence-electron chi connectivity index (χ0n) is 8.06. The molecule has 0 heterocycles. The third-order valence-corrected chi connectivity index (χ3v) is 0.250. The van der Waals surface area contributed by atoms with Gasteiger partial charge in [-0.25, -0.2) is 0 Å². The molecule has 0 spiro atoms. The van der Waals surface area contributed by atoms with Crippen LogP contribution < -0.4 is 0 Å². The Morgan fingerprint density at radius 2 is 0.800 bits per heavy atom. The number of nitrogens with one attached hydrogen (secondary N) is 4. The Morgan fingerprint density at radius 1 is 0.733 bits per heavy atom. The molecule has 6 nitrogen and oxygen atoms in total. The van der Waals surface area contributed by atoms with E-state index in [-0.39, 0.29) is 43.0 Å². The van der Waals surface area contributed by atoms with E-state index < -0.39 is 0 Å². The molecule has 0 radical (unpaired) electrons. The molecule has 0 unspecified atom stereocenters. The van der Waals surface area contributed by atoms with Crippen molar-refractivity contribution in [2.75, 3.05) is 26.2 Å².